The molecule has 3 atom stereocenters. The van der Waals surface area contributed by atoms with E-state index in [2.05, 4.69) is 28.8 Å². The highest BCUT2D eigenvalue weighted by Crippen LogP contribution is 2.24. The molecule has 0 bridgehead atoms. The van der Waals surface area contributed by atoms with E-state index in [0.29, 0.717) is 24.0 Å². The van der Waals surface area contributed by atoms with E-state index in [0.717, 1.165) is 23.8 Å². The van der Waals surface area contributed by atoms with E-state index >= 15 is 0 Å². The summed E-state index contributed by atoms with van der Waals surface area (Å²) in [6.07, 6.45) is 3.67. The van der Waals surface area contributed by atoms with Gasteiger partial charge >= 0.3 is 0 Å². The molecule has 1 fully saturated rings. The molecule has 0 saturated carbocycles. The minimum Gasteiger partial charge on any atom is -0.350 e. The number of nitrogens with one attached hydrogen (secondary N) is 2. The zero-order valence-electron chi connectivity index (χ0n) is 20.5. The fraction of sp³-hybridized carbons (Fsp3) is 0.393. The van der Waals surface area contributed by atoms with E-state index in [1.807, 2.05) is 60.7 Å². The summed E-state index contributed by atoms with van der Waals surface area (Å²) >= 11 is 0. The van der Waals surface area contributed by atoms with Crippen molar-refractivity contribution in [2.45, 2.75) is 62.6 Å². The average Bonchev–Trinajstić information content (AvgIpc) is 2.85. The Labute approximate surface area is 208 Å². The first-order chi connectivity index (χ1) is 16.8. The second kappa shape index (κ2) is 11.3. The lowest BCUT2D eigenvalue weighted by molar-refractivity contribution is -0.121. The summed E-state index contributed by atoms with van der Waals surface area (Å²) in [5.74, 6) is -0.108. The molecule has 0 aromatic heterocycles. The normalized spacial score (nSPS) is 19.9. The highest BCUT2D eigenvalue weighted by atomic mass is 32.2. The van der Waals surface area contributed by atoms with Crippen LogP contribution in [0.5, 0.6) is 0 Å². The third-order valence-corrected chi connectivity index (χ3v) is 8.42. The van der Waals surface area contributed by atoms with E-state index in [1.165, 1.54) is 6.42 Å². The molecule has 1 heterocycles. The predicted octanol–water partition coefficient (Wildman–Crippen LogP) is 4.11. The van der Waals surface area contributed by atoms with Gasteiger partial charge in [0.05, 0.1) is 17.4 Å². The van der Waals surface area contributed by atoms with Crippen molar-refractivity contribution >= 4 is 26.7 Å². The third kappa shape index (κ3) is 6.48. The van der Waals surface area contributed by atoms with E-state index in [1.54, 1.807) is 12.1 Å². The molecular weight excluding hydrogens is 458 g/mol. The van der Waals surface area contributed by atoms with Crippen LogP contribution in [0.25, 0.3) is 10.8 Å². The lowest BCUT2D eigenvalue weighted by Gasteiger charge is -2.41. The number of fused-ring (bicyclic) bond motifs is 1. The molecule has 7 heteroatoms. The quantitative estimate of drug-likeness (QED) is 0.470. The first-order valence-corrected chi connectivity index (χ1v) is 13.9. The third-order valence-electron chi connectivity index (χ3n) is 6.94. The summed E-state index contributed by atoms with van der Waals surface area (Å²) in [4.78, 5) is 15.5. The van der Waals surface area contributed by atoms with Gasteiger partial charge in [-0.15, -0.1) is 0 Å². The second-order valence-electron chi connectivity index (χ2n) is 9.58. The van der Waals surface area contributed by atoms with Crippen LogP contribution in [0, 0.1) is 0 Å². The molecule has 1 aliphatic rings. The van der Waals surface area contributed by atoms with Gasteiger partial charge in [-0.2, -0.15) is 0 Å². The van der Waals surface area contributed by atoms with Gasteiger partial charge in [0.15, 0.2) is 0 Å². The van der Waals surface area contributed by atoms with Crippen LogP contribution >= 0.6 is 0 Å². The van der Waals surface area contributed by atoms with Crippen LogP contribution in [0.4, 0.5) is 0 Å². The molecule has 1 saturated heterocycles. The summed E-state index contributed by atoms with van der Waals surface area (Å²) in [7, 11) is -3.76. The Morgan fingerprint density at radius 3 is 2.34 bits per heavy atom. The van der Waals surface area contributed by atoms with Gasteiger partial charge in [0.1, 0.15) is 0 Å². The first-order valence-electron chi connectivity index (χ1n) is 12.4. The number of piperidine rings is 1. The van der Waals surface area contributed by atoms with Crippen LogP contribution in [0.3, 0.4) is 0 Å². The molecule has 0 spiro atoms. The Balaban J connectivity index is 1.51. The molecule has 3 aromatic rings. The maximum Gasteiger partial charge on any atom is 0.241 e. The van der Waals surface area contributed by atoms with E-state index in [-0.39, 0.29) is 29.8 Å². The number of benzene rings is 3. The number of nitrogens with zero attached hydrogens (tertiary/aromatic N) is 1. The van der Waals surface area contributed by atoms with Gasteiger partial charge < -0.3 is 5.32 Å². The SMILES string of the molecule is C[C@@H]1CCC[C@H](C)N1C[C@H](CNS(=O)(=O)c1cccc2ccccc12)NC(=O)Cc1ccccc1. The molecule has 0 radical (unpaired) electrons. The topological polar surface area (TPSA) is 78.5 Å². The van der Waals surface area contributed by atoms with Crippen molar-refractivity contribution in [2.24, 2.45) is 0 Å². The minimum absolute atomic E-state index is 0.108. The molecule has 1 amide bonds. The standard InChI is InChI=1S/C28H35N3O3S/c1-21-10-8-11-22(2)31(21)20-25(30-28(32)18-23-12-4-3-5-13-23)19-29-35(33,34)27-17-9-15-24-14-6-7-16-26(24)27/h3-7,9,12-17,21-22,25,29H,8,10-11,18-20H2,1-2H3,(H,30,32)/t21-,22+,25-/m0/s1. The smallest absolute Gasteiger partial charge is 0.241 e. The average molecular weight is 494 g/mol. The molecule has 186 valence electrons. The molecule has 4 rings (SSSR count). The molecule has 0 unspecified atom stereocenters. The second-order valence-corrected chi connectivity index (χ2v) is 11.3. The zero-order chi connectivity index (χ0) is 24.8. The minimum atomic E-state index is -3.76. The Hall–Kier alpha value is -2.74. The van der Waals surface area contributed by atoms with Crippen molar-refractivity contribution in [2.75, 3.05) is 13.1 Å². The highest BCUT2D eigenvalue weighted by molar-refractivity contribution is 7.89. The number of hydrogen-bond donors (Lipinski definition) is 2. The molecule has 6 nitrogen and oxygen atoms in total. The summed E-state index contributed by atoms with van der Waals surface area (Å²) in [5, 5.41) is 4.67. The van der Waals surface area contributed by atoms with Crippen LogP contribution in [-0.4, -0.2) is 50.4 Å². The molecule has 3 aromatic carbocycles. The van der Waals surface area contributed by atoms with Crippen molar-refractivity contribution in [3.8, 4) is 0 Å². The molecular formula is C28H35N3O3S. The zero-order valence-corrected chi connectivity index (χ0v) is 21.3. The predicted molar refractivity (Wildman–Crippen MR) is 141 cm³/mol. The molecule has 0 aliphatic carbocycles. The number of sulfonamides is 1. The maximum absolute atomic E-state index is 13.3. The Morgan fingerprint density at radius 2 is 1.60 bits per heavy atom. The van der Waals surface area contributed by atoms with Gasteiger partial charge in [0.25, 0.3) is 0 Å². The number of likely N-dealkylation sites (tertiary alicyclic amines) is 1. The summed E-state index contributed by atoms with van der Waals surface area (Å²) in [6, 6.07) is 22.8. The lowest BCUT2D eigenvalue weighted by Crippen LogP contribution is -2.55. The van der Waals surface area contributed by atoms with Crippen LogP contribution < -0.4 is 10.0 Å². The number of amides is 1. The molecule has 1 aliphatic heterocycles. The van der Waals surface area contributed by atoms with Crippen molar-refractivity contribution in [3.05, 3.63) is 78.4 Å². The van der Waals surface area contributed by atoms with Gasteiger partial charge in [0, 0.05) is 30.6 Å². The monoisotopic (exact) mass is 493 g/mol. The Morgan fingerprint density at radius 1 is 0.943 bits per heavy atom. The van der Waals surface area contributed by atoms with Crippen molar-refractivity contribution in [1.29, 1.82) is 0 Å². The van der Waals surface area contributed by atoms with Gasteiger partial charge in [-0.3, -0.25) is 9.69 Å². The van der Waals surface area contributed by atoms with E-state index in [9.17, 15) is 13.2 Å². The van der Waals surface area contributed by atoms with Crippen molar-refractivity contribution < 1.29 is 13.2 Å². The van der Waals surface area contributed by atoms with E-state index in [4.69, 9.17) is 0 Å². The van der Waals surface area contributed by atoms with Crippen molar-refractivity contribution in [3.63, 3.8) is 0 Å². The maximum atomic E-state index is 13.3. The van der Waals surface area contributed by atoms with E-state index < -0.39 is 10.0 Å². The summed E-state index contributed by atoms with van der Waals surface area (Å²) in [6.45, 7) is 5.14. The Bertz CT molecular complexity index is 1230. The Kier molecular flexibility index (Phi) is 8.21. The summed E-state index contributed by atoms with van der Waals surface area (Å²) in [5.41, 5.74) is 0.930. The van der Waals surface area contributed by atoms with Crippen LogP contribution in [0.1, 0.15) is 38.7 Å². The number of carbonyl (C=O) groups is 1. The molecule has 2 N–H and O–H groups in total. The fourth-order valence-corrected chi connectivity index (χ4v) is 6.34. The van der Waals surface area contributed by atoms with Crippen LogP contribution in [-0.2, 0) is 21.2 Å². The van der Waals surface area contributed by atoms with Gasteiger partial charge in [0.2, 0.25) is 15.9 Å². The molecule has 35 heavy (non-hydrogen) atoms. The number of hydrogen-bond acceptors (Lipinski definition) is 4. The highest BCUT2D eigenvalue weighted by Gasteiger charge is 2.29. The van der Waals surface area contributed by atoms with Gasteiger partial charge in [-0.25, -0.2) is 13.1 Å². The lowest BCUT2D eigenvalue weighted by atomic mass is 9.97. The fourth-order valence-electron chi connectivity index (χ4n) is 5.03. The van der Waals surface area contributed by atoms with Crippen LogP contribution in [0.15, 0.2) is 77.7 Å². The number of carbonyl (C=O) groups excluding carboxylic acids is 1. The first kappa shape index (κ1) is 25.4. The largest absolute Gasteiger partial charge is 0.350 e. The van der Waals surface area contributed by atoms with Crippen LogP contribution in [0.2, 0.25) is 0 Å². The summed E-state index contributed by atoms with van der Waals surface area (Å²) < 4.78 is 29.4. The van der Waals surface area contributed by atoms with Gasteiger partial charge in [-0.1, -0.05) is 73.2 Å². The number of rotatable bonds is 9. The van der Waals surface area contributed by atoms with Gasteiger partial charge in [-0.05, 0) is 43.7 Å². The van der Waals surface area contributed by atoms with Crippen molar-refractivity contribution in [1.82, 2.24) is 14.9 Å².